The summed E-state index contributed by atoms with van der Waals surface area (Å²) < 4.78 is 1.73. The van der Waals surface area contributed by atoms with E-state index in [-0.39, 0.29) is 22.2 Å². The van der Waals surface area contributed by atoms with Crippen LogP contribution in [0.2, 0.25) is 0 Å². The minimum absolute atomic E-state index is 0.129. The van der Waals surface area contributed by atoms with Crippen LogP contribution in [0, 0.1) is 24.0 Å². The van der Waals surface area contributed by atoms with Crippen molar-refractivity contribution >= 4 is 34.0 Å². The number of benzene rings is 2. The van der Waals surface area contributed by atoms with Gasteiger partial charge < -0.3 is 0 Å². The molecule has 8 heteroatoms. The molecule has 136 valence electrons. The van der Waals surface area contributed by atoms with E-state index in [2.05, 4.69) is 5.10 Å². The van der Waals surface area contributed by atoms with Crippen LogP contribution in [0.5, 0.6) is 0 Å². The van der Waals surface area contributed by atoms with Crippen LogP contribution in [0.4, 0.5) is 11.4 Å². The molecular formula is C19H16N4O4. The zero-order valence-corrected chi connectivity index (χ0v) is 15.0. The van der Waals surface area contributed by atoms with Crippen LogP contribution in [-0.4, -0.2) is 26.5 Å². The van der Waals surface area contributed by atoms with Crippen molar-refractivity contribution < 1.29 is 14.5 Å². The molecule has 0 aliphatic carbocycles. The molecule has 1 aromatic heterocycles. The lowest BCUT2D eigenvalue weighted by molar-refractivity contribution is -0.383. The fraction of sp³-hybridized carbons (Fsp3) is 0.211. The average molecular weight is 364 g/mol. The van der Waals surface area contributed by atoms with Gasteiger partial charge in [0.15, 0.2) is 0 Å². The highest BCUT2D eigenvalue weighted by Crippen LogP contribution is 2.38. The van der Waals surface area contributed by atoms with E-state index in [0.717, 1.165) is 4.90 Å². The van der Waals surface area contributed by atoms with Gasteiger partial charge in [-0.2, -0.15) is 5.10 Å². The van der Waals surface area contributed by atoms with E-state index >= 15 is 0 Å². The molecule has 0 saturated heterocycles. The third-order valence-electron chi connectivity index (χ3n) is 4.95. The molecule has 3 aromatic rings. The van der Waals surface area contributed by atoms with Gasteiger partial charge in [-0.05, 0) is 39.0 Å². The number of amides is 2. The van der Waals surface area contributed by atoms with E-state index in [1.807, 2.05) is 13.8 Å². The van der Waals surface area contributed by atoms with E-state index in [9.17, 15) is 19.7 Å². The molecule has 2 amide bonds. The molecule has 0 fully saturated rings. The summed E-state index contributed by atoms with van der Waals surface area (Å²) in [6, 6.07) is 7.47. The smallest absolute Gasteiger partial charge is 0.268 e. The lowest BCUT2D eigenvalue weighted by Crippen LogP contribution is -2.41. The third kappa shape index (κ3) is 2.19. The predicted octanol–water partition coefficient (Wildman–Crippen LogP) is 3.38. The van der Waals surface area contributed by atoms with Gasteiger partial charge >= 0.3 is 0 Å². The normalized spacial score (nSPS) is 13.5. The molecule has 4 rings (SSSR count). The number of nitro benzene ring substituents is 1. The molecule has 0 bridgehead atoms. The number of hydrogen-bond acceptors (Lipinski definition) is 5. The lowest BCUT2D eigenvalue weighted by atomic mass is 9.92. The molecule has 0 atom stereocenters. The summed E-state index contributed by atoms with van der Waals surface area (Å²) in [6.07, 6.45) is 0. The second-order valence-corrected chi connectivity index (χ2v) is 6.40. The van der Waals surface area contributed by atoms with Gasteiger partial charge in [-0.1, -0.05) is 6.07 Å². The fourth-order valence-corrected chi connectivity index (χ4v) is 3.76. The number of rotatable bonds is 3. The van der Waals surface area contributed by atoms with Crippen molar-refractivity contribution in [2.75, 3.05) is 4.90 Å². The van der Waals surface area contributed by atoms with Crippen molar-refractivity contribution in [1.82, 2.24) is 9.78 Å². The summed E-state index contributed by atoms with van der Waals surface area (Å²) in [5, 5.41) is 16.3. The highest BCUT2D eigenvalue weighted by atomic mass is 16.6. The van der Waals surface area contributed by atoms with Crippen LogP contribution in [-0.2, 0) is 6.54 Å². The van der Waals surface area contributed by atoms with Gasteiger partial charge in [0.05, 0.1) is 27.4 Å². The topological polar surface area (TPSA) is 98.3 Å². The highest BCUT2D eigenvalue weighted by molar-refractivity contribution is 6.36. The number of non-ortho nitro benzene ring substituents is 1. The number of anilines is 1. The van der Waals surface area contributed by atoms with Crippen LogP contribution in [0.15, 0.2) is 30.3 Å². The lowest BCUT2D eigenvalue weighted by Gasteiger charge is -2.27. The second kappa shape index (κ2) is 5.73. The fourth-order valence-electron chi connectivity index (χ4n) is 3.76. The van der Waals surface area contributed by atoms with E-state index in [4.69, 9.17) is 0 Å². The van der Waals surface area contributed by atoms with E-state index in [1.165, 1.54) is 12.1 Å². The maximum absolute atomic E-state index is 13.2. The Labute approximate surface area is 154 Å². The summed E-state index contributed by atoms with van der Waals surface area (Å²) in [6.45, 7) is 6.10. The molecule has 2 heterocycles. The zero-order chi connectivity index (χ0) is 19.5. The number of nitrogens with zero attached hydrogens (tertiary/aromatic N) is 4. The summed E-state index contributed by atoms with van der Waals surface area (Å²) in [5.41, 5.74) is 2.18. The minimum Gasteiger partial charge on any atom is -0.268 e. The van der Waals surface area contributed by atoms with Crippen LogP contribution < -0.4 is 4.90 Å². The Morgan fingerprint density at radius 2 is 1.74 bits per heavy atom. The molecule has 27 heavy (non-hydrogen) atoms. The number of aromatic nitrogens is 2. The van der Waals surface area contributed by atoms with Gasteiger partial charge in [-0.15, -0.1) is 0 Å². The molecule has 0 spiro atoms. The van der Waals surface area contributed by atoms with E-state index < -0.39 is 16.7 Å². The molecular weight excluding hydrogens is 348 g/mol. The summed E-state index contributed by atoms with van der Waals surface area (Å²) in [7, 11) is 0. The van der Waals surface area contributed by atoms with Crippen molar-refractivity contribution in [3.05, 3.63) is 63.0 Å². The Kier molecular flexibility index (Phi) is 3.59. The van der Waals surface area contributed by atoms with Gasteiger partial charge in [-0.3, -0.25) is 24.4 Å². The summed E-state index contributed by atoms with van der Waals surface area (Å²) in [5.74, 6) is -0.999. The first-order chi connectivity index (χ1) is 12.9. The Morgan fingerprint density at radius 3 is 2.33 bits per heavy atom. The molecule has 0 unspecified atom stereocenters. The van der Waals surface area contributed by atoms with Crippen LogP contribution in [0.25, 0.3) is 10.8 Å². The number of imide groups is 1. The van der Waals surface area contributed by atoms with Crippen molar-refractivity contribution in [1.29, 1.82) is 0 Å². The predicted molar refractivity (Wildman–Crippen MR) is 99.1 cm³/mol. The molecule has 0 saturated carbocycles. The molecule has 0 N–H and O–H groups in total. The Balaban J connectivity index is 2.01. The highest BCUT2D eigenvalue weighted by Gasteiger charge is 2.38. The first kappa shape index (κ1) is 16.9. The number of hydrogen-bond donors (Lipinski definition) is 0. The van der Waals surface area contributed by atoms with Gasteiger partial charge in [-0.25, -0.2) is 4.90 Å². The van der Waals surface area contributed by atoms with Crippen molar-refractivity contribution in [3.8, 4) is 0 Å². The summed E-state index contributed by atoms with van der Waals surface area (Å²) >= 11 is 0. The number of carbonyl (C=O) groups is 2. The molecule has 8 nitrogen and oxygen atoms in total. The number of aryl methyl sites for hydroxylation is 2. The summed E-state index contributed by atoms with van der Waals surface area (Å²) in [4.78, 5) is 38.3. The van der Waals surface area contributed by atoms with Gasteiger partial charge in [0.2, 0.25) is 0 Å². The SMILES string of the molecule is CCn1nc(C)c(N2C(=O)c3cccc4c([N+](=O)[O-])ccc(c34)C2=O)c1C. The average Bonchev–Trinajstić information content (AvgIpc) is 2.93. The molecule has 1 aliphatic heterocycles. The maximum atomic E-state index is 13.2. The Hall–Kier alpha value is -3.55. The molecule has 1 aliphatic rings. The number of carbonyl (C=O) groups excluding carboxylic acids is 2. The first-order valence-corrected chi connectivity index (χ1v) is 8.49. The van der Waals surface area contributed by atoms with Crippen molar-refractivity contribution in [2.45, 2.75) is 27.3 Å². The molecule has 0 radical (unpaired) electrons. The van der Waals surface area contributed by atoms with Crippen LogP contribution in [0.1, 0.15) is 39.0 Å². The van der Waals surface area contributed by atoms with Gasteiger partial charge in [0, 0.05) is 29.1 Å². The van der Waals surface area contributed by atoms with Gasteiger partial charge in [0.1, 0.15) is 0 Å². The van der Waals surface area contributed by atoms with E-state index in [0.29, 0.717) is 29.0 Å². The maximum Gasteiger partial charge on any atom is 0.277 e. The first-order valence-electron chi connectivity index (χ1n) is 8.49. The number of nitro groups is 1. The largest absolute Gasteiger partial charge is 0.277 e. The van der Waals surface area contributed by atoms with Crippen molar-refractivity contribution in [2.24, 2.45) is 0 Å². The monoisotopic (exact) mass is 364 g/mol. The van der Waals surface area contributed by atoms with E-state index in [1.54, 1.807) is 29.8 Å². The third-order valence-corrected chi connectivity index (χ3v) is 4.95. The molecule has 2 aromatic carbocycles. The Morgan fingerprint density at radius 1 is 1.07 bits per heavy atom. The van der Waals surface area contributed by atoms with Crippen LogP contribution in [0.3, 0.4) is 0 Å². The quantitative estimate of drug-likeness (QED) is 0.403. The zero-order valence-electron chi connectivity index (χ0n) is 15.0. The minimum atomic E-state index is -0.510. The standard InChI is InChI=1S/C19H16N4O4/c1-4-21-11(3)17(10(2)20-21)22-18(24)13-7-5-6-12-15(23(26)27)9-8-14(16(12)13)19(22)25/h5-9H,4H2,1-3H3. The Bertz CT molecular complexity index is 1140. The van der Waals surface area contributed by atoms with Crippen LogP contribution >= 0.6 is 0 Å². The second-order valence-electron chi connectivity index (χ2n) is 6.40. The van der Waals surface area contributed by atoms with Crippen molar-refractivity contribution in [3.63, 3.8) is 0 Å². The van der Waals surface area contributed by atoms with Gasteiger partial charge in [0.25, 0.3) is 17.5 Å².